The first-order valence-corrected chi connectivity index (χ1v) is 7.64. The zero-order valence-corrected chi connectivity index (χ0v) is 13.2. The van der Waals surface area contributed by atoms with Crippen LogP contribution in [0.5, 0.6) is 0 Å². The molecule has 0 heterocycles. The molecule has 0 spiro atoms. The van der Waals surface area contributed by atoms with Gasteiger partial charge in [-0.2, -0.15) is 0 Å². The summed E-state index contributed by atoms with van der Waals surface area (Å²) in [6, 6.07) is 5.26. The molecule has 110 valence electrons. The molecular weight excluding hydrogens is 298 g/mol. The molecule has 0 saturated heterocycles. The topological polar surface area (TPSA) is 66.4 Å². The van der Waals surface area contributed by atoms with Crippen LogP contribution in [-0.4, -0.2) is 28.0 Å². The van der Waals surface area contributed by atoms with Gasteiger partial charge in [0.15, 0.2) is 0 Å². The summed E-state index contributed by atoms with van der Waals surface area (Å²) >= 11 is 7.10. The molecule has 1 rings (SSSR count). The number of aryl methyl sites for hydroxylation is 1. The van der Waals surface area contributed by atoms with Crippen LogP contribution in [0, 0.1) is 12.8 Å². The van der Waals surface area contributed by atoms with Crippen molar-refractivity contribution >= 4 is 40.9 Å². The molecule has 1 amide bonds. The van der Waals surface area contributed by atoms with Gasteiger partial charge in [0.1, 0.15) is 5.25 Å². The SMILES string of the molecule is Cc1ccc(NC(=O)CSC(C(=O)O)C(C)C)cc1Cl. The highest BCUT2D eigenvalue weighted by atomic mass is 35.5. The number of carboxylic acid groups (broad SMARTS) is 1. The van der Waals surface area contributed by atoms with E-state index in [2.05, 4.69) is 5.32 Å². The molecule has 2 N–H and O–H groups in total. The Morgan fingerprint density at radius 1 is 1.40 bits per heavy atom. The molecule has 0 radical (unpaired) electrons. The molecule has 0 saturated carbocycles. The van der Waals surface area contributed by atoms with Crippen molar-refractivity contribution in [2.24, 2.45) is 5.92 Å². The van der Waals surface area contributed by atoms with Crippen LogP contribution < -0.4 is 5.32 Å². The Kier molecular flexibility index (Phi) is 6.36. The highest BCUT2D eigenvalue weighted by Gasteiger charge is 2.22. The number of nitrogens with one attached hydrogen (secondary N) is 1. The quantitative estimate of drug-likeness (QED) is 0.844. The van der Waals surface area contributed by atoms with E-state index >= 15 is 0 Å². The van der Waals surface area contributed by atoms with E-state index in [4.69, 9.17) is 16.7 Å². The Morgan fingerprint density at radius 2 is 2.05 bits per heavy atom. The second-order valence-electron chi connectivity index (χ2n) is 4.83. The zero-order chi connectivity index (χ0) is 15.3. The van der Waals surface area contributed by atoms with Gasteiger partial charge in [0.25, 0.3) is 0 Å². The molecule has 1 unspecified atom stereocenters. The molecule has 0 aliphatic carbocycles. The highest BCUT2D eigenvalue weighted by Crippen LogP contribution is 2.22. The van der Waals surface area contributed by atoms with Gasteiger partial charge in [-0.15, -0.1) is 11.8 Å². The fourth-order valence-electron chi connectivity index (χ4n) is 1.58. The van der Waals surface area contributed by atoms with Crippen molar-refractivity contribution in [3.05, 3.63) is 28.8 Å². The van der Waals surface area contributed by atoms with Crippen LogP contribution >= 0.6 is 23.4 Å². The number of amides is 1. The maximum atomic E-state index is 11.8. The van der Waals surface area contributed by atoms with Crippen LogP contribution in [0.1, 0.15) is 19.4 Å². The van der Waals surface area contributed by atoms with Crippen LogP contribution in [0.15, 0.2) is 18.2 Å². The number of hydrogen-bond acceptors (Lipinski definition) is 3. The highest BCUT2D eigenvalue weighted by molar-refractivity contribution is 8.01. The van der Waals surface area contributed by atoms with Gasteiger partial charge in [-0.05, 0) is 30.5 Å². The minimum absolute atomic E-state index is 0.0286. The smallest absolute Gasteiger partial charge is 0.316 e. The maximum absolute atomic E-state index is 11.8. The number of carboxylic acids is 1. The standard InChI is InChI=1S/C14H18ClNO3S/c1-8(2)13(14(18)19)20-7-12(17)16-10-5-4-9(3)11(15)6-10/h4-6,8,13H,7H2,1-3H3,(H,16,17)(H,18,19). The van der Waals surface area contributed by atoms with Gasteiger partial charge in [-0.25, -0.2) is 0 Å². The third-order valence-electron chi connectivity index (χ3n) is 2.70. The Bertz CT molecular complexity index is 505. The summed E-state index contributed by atoms with van der Waals surface area (Å²) in [5, 5.41) is 11.8. The molecule has 0 fully saturated rings. The van der Waals surface area contributed by atoms with Crippen LogP contribution in [0.3, 0.4) is 0 Å². The summed E-state index contributed by atoms with van der Waals surface area (Å²) in [7, 11) is 0. The largest absolute Gasteiger partial charge is 0.480 e. The van der Waals surface area contributed by atoms with Crippen molar-refractivity contribution in [1.29, 1.82) is 0 Å². The molecule has 1 aromatic rings. The molecule has 6 heteroatoms. The number of aliphatic carboxylic acids is 1. The number of halogens is 1. The zero-order valence-electron chi connectivity index (χ0n) is 11.6. The second kappa shape index (κ2) is 7.55. The minimum Gasteiger partial charge on any atom is -0.480 e. The molecule has 0 aliphatic heterocycles. The minimum atomic E-state index is -0.892. The summed E-state index contributed by atoms with van der Waals surface area (Å²) in [5.41, 5.74) is 1.55. The van der Waals surface area contributed by atoms with E-state index in [1.807, 2.05) is 26.8 Å². The number of thioether (sulfide) groups is 1. The van der Waals surface area contributed by atoms with E-state index in [0.29, 0.717) is 10.7 Å². The molecule has 1 aromatic carbocycles. The normalized spacial score (nSPS) is 12.2. The van der Waals surface area contributed by atoms with Crippen LogP contribution in [0.2, 0.25) is 5.02 Å². The van der Waals surface area contributed by atoms with Crippen LogP contribution in [0.25, 0.3) is 0 Å². The lowest BCUT2D eigenvalue weighted by molar-refractivity contribution is -0.137. The maximum Gasteiger partial charge on any atom is 0.316 e. The van der Waals surface area contributed by atoms with Crippen molar-refractivity contribution < 1.29 is 14.7 Å². The molecular formula is C14H18ClNO3S. The fraction of sp³-hybridized carbons (Fsp3) is 0.429. The first-order valence-electron chi connectivity index (χ1n) is 6.21. The number of anilines is 1. The van der Waals surface area contributed by atoms with Crippen molar-refractivity contribution in [1.82, 2.24) is 0 Å². The van der Waals surface area contributed by atoms with E-state index in [1.54, 1.807) is 12.1 Å². The third-order valence-corrected chi connectivity index (χ3v) is 4.64. The van der Waals surface area contributed by atoms with Crippen molar-refractivity contribution in [2.75, 3.05) is 11.1 Å². The van der Waals surface area contributed by atoms with Crippen molar-refractivity contribution in [3.63, 3.8) is 0 Å². The van der Waals surface area contributed by atoms with E-state index in [0.717, 1.165) is 17.3 Å². The average molecular weight is 316 g/mol. The van der Waals surface area contributed by atoms with Crippen molar-refractivity contribution in [2.45, 2.75) is 26.0 Å². The van der Waals surface area contributed by atoms with Gasteiger partial charge >= 0.3 is 5.97 Å². The lowest BCUT2D eigenvalue weighted by Gasteiger charge is -2.15. The Hall–Kier alpha value is -1.20. The molecule has 4 nitrogen and oxygen atoms in total. The lowest BCUT2D eigenvalue weighted by atomic mass is 10.1. The van der Waals surface area contributed by atoms with Crippen LogP contribution in [0.4, 0.5) is 5.69 Å². The average Bonchev–Trinajstić information content (AvgIpc) is 2.33. The molecule has 0 aromatic heterocycles. The number of carbonyl (C=O) groups is 2. The summed E-state index contributed by atoms with van der Waals surface area (Å²) in [6.45, 7) is 5.52. The van der Waals surface area contributed by atoms with Crippen LogP contribution in [-0.2, 0) is 9.59 Å². The predicted octanol–water partition coefficient (Wildman–Crippen LogP) is 3.43. The Balaban J connectivity index is 2.55. The van der Waals surface area contributed by atoms with Crippen molar-refractivity contribution in [3.8, 4) is 0 Å². The number of carbonyl (C=O) groups excluding carboxylic acids is 1. The lowest BCUT2D eigenvalue weighted by Crippen LogP contribution is -2.25. The number of hydrogen-bond donors (Lipinski definition) is 2. The number of rotatable bonds is 6. The number of benzene rings is 1. The molecule has 0 bridgehead atoms. The van der Waals surface area contributed by atoms with Gasteiger partial charge in [-0.3, -0.25) is 9.59 Å². The summed E-state index contributed by atoms with van der Waals surface area (Å²) < 4.78 is 0. The van der Waals surface area contributed by atoms with Gasteiger partial charge in [-0.1, -0.05) is 31.5 Å². The third kappa shape index (κ3) is 5.06. The van der Waals surface area contributed by atoms with E-state index in [1.165, 1.54) is 0 Å². The summed E-state index contributed by atoms with van der Waals surface area (Å²) in [5.74, 6) is -1.06. The molecule has 0 aliphatic rings. The Morgan fingerprint density at radius 3 is 2.55 bits per heavy atom. The molecule has 1 atom stereocenters. The van der Waals surface area contributed by atoms with Gasteiger partial charge < -0.3 is 10.4 Å². The summed E-state index contributed by atoms with van der Waals surface area (Å²) in [6.07, 6.45) is 0. The first-order chi connectivity index (χ1) is 9.31. The summed E-state index contributed by atoms with van der Waals surface area (Å²) in [4.78, 5) is 22.8. The van der Waals surface area contributed by atoms with E-state index in [9.17, 15) is 9.59 Å². The van der Waals surface area contributed by atoms with Gasteiger partial charge in [0.2, 0.25) is 5.91 Å². The predicted molar refractivity (Wildman–Crippen MR) is 83.5 cm³/mol. The second-order valence-corrected chi connectivity index (χ2v) is 6.36. The van der Waals surface area contributed by atoms with E-state index in [-0.39, 0.29) is 17.6 Å². The van der Waals surface area contributed by atoms with E-state index < -0.39 is 11.2 Å². The van der Waals surface area contributed by atoms with Gasteiger partial charge in [0, 0.05) is 10.7 Å². The first kappa shape index (κ1) is 16.9. The molecule has 20 heavy (non-hydrogen) atoms. The fourth-order valence-corrected chi connectivity index (χ4v) is 2.69. The Labute approximate surface area is 127 Å². The van der Waals surface area contributed by atoms with Gasteiger partial charge in [0.05, 0.1) is 5.75 Å². The monoisotopic (exact) mass is 315 g/mol.